The third kappa shape index (κ3) is 2.45. The largest absolute Gasteiger partial charge is 0.354 e. The van der Waals surface area contributed by atoms with Gasteiger partial charge in [0.1, 0.15) is 0 Å². The molecule has 0 atom stereocenters. The summed E-state index contributed by atoms with van der Waals surface area (Å²) >= 11 is 7.28. The van der Waals surface area contributed by atoms with E-state index in [4.69, 9.17) is 9.97 Å². The Bertz CT molecular complexity index is 1870. The zero-order chi connectivity index (χ0) is 20.7. The fourth-order valence-electron chi connectivity index (χ4n) is 4.72. The smallest absolute Gasteiger partial charge is 0.0994 e. The third-order valence-corrected chi connectivity index (χ3v) is 7.05. The van der Waals surface area contributed by atoms with Crippen molar-refractivity contribution in [3.8, 4) is 0 Å². The summed E-state index contributed by atoms with van der Waals surface area (Å²) in [6.07, 6.45) is 0. The first-order valence-corrected chi connectivity index (χ1v) is 11.6. The lowest BCUT2D eigenvalue weighted by molar-refractivity contribution is 1.43. The van der Waals surface area contributed by atoms with Crippen LogP contribution in [-0.2, 0) is 0 Å². The molecule has 146 valence electrons. The molecule has 0 bridgehead atoms. The fourth-order valence-corrected chi connectivity index (χ4v) is 5.44. The summed E-state index contributed by atoms with van der Waals surface area (Å²) in [5.41, 5.74) is 5.91. The van der Waals surface area contributed by atoms with Gasteiger partial charge < -0.3 is 4.98 Å². The molecule has 0 aliphatic rings. The number of rotatable bonds is 0. The molecule has 7 aromatic rings. The molecule has 0 saturated carbocycles. The highest BCUT2D eigenvalue weighted by molar-refractivity contribution is 9.10. The molecular formula is C26H13Br2N3. The van der Waals surface area contributed by atoms with Gasteiger partial charge in [-0.2, -0.15) is 0 Å². The Hall–Kier alpha value is -3.02. The molecule has 3 nitrogen and oxygen atoms in total. The highest BCUT2D eigenvalue weighted by atomic mass is 79.9. The summed E-state index contributed by atoms with van der Waals surface area (Å²) in [5.74, 6) is 0. The van der Waals surface area contributed by atoms with E-state index < -0.39 is 0 Å². The van der Waals surface area contributed by atoms with E-state index >= 15 is 0 Å². The minimum Gasteiger partial charge on any atom is -0.354 e. The first-order valence-electron chi connectivity index (χ1n) is 9.99. The van der Waals surface area contributed by atoms with Gasteiger partial charge in [-0.15, -0.1) is 0 Å². The normalized spacial score (nSPS) is 12.2. The monoisotopic (exact) mass is 525 g/mol. The van der Waals surface area contributed by atoms with Crippen molar-refractivity contribution in [2.24, 2.45) is 0 Å². The van der Waals surface area contributed by atoms with Crippen molar-refractivity contribution in [1.82, 2.24) is 15.0 Å². The lowest BCUT2D eigenvalue weighted by Crippen LogP contribution is -1.92. The highest BCUT2D eigenvalue weighted by Gasteiger charge is 2.16. The van der Waals surface area contributed by atoms with Crippen molar-refractivity contribution in [2.75, 3.05) is 0 Å². The summed E-state index contributed by atoms with van der Waals surface area (Å²) in [7, 11) is 0. The van der Waals surface area contributed by atoms with Crippen molar-refractivity contribution in [3.05, 3.63) is 81.7 Å². The summed E-state index contributed by atoms with van der Waals surface area (Å²) in [4.78, 5) is 13.9. The van der Waals surface area contributed by atoms with E-state index in [1.54, 1.807) is 0 Å². The van der Waals surface area contributed by atoms with Gasteiger partial charge in [0, 0.05) is 41.5 Å². The van der Waals surface area contributed by atoms with E-state index in [-0.39, 0.29) is 0 Å². The minimum absolute atomic E-state index is 0.908. The van der Waals surface area contributed by atoms with Crippen molar-refractivity contribution >= 4 is 97.3 Å². The molecule has 0 radical (unpaired) electrons. The number of nitrogens with one attached hydrogen (secondary N) is 1. The van der Waals surface area contributed by atoms with Gasteiger partial charge in [0.25, 0.3) is 0 Å². The number of nitrogens with zero attached hydrogens (tertiary/aromatic N) is 2. The topological polar surface area (TPSA) is 41.6 Å². The number of H-pyrrole nitrogens is 1. The summed E-state index contributed by atoms with van der Waals surface area (Å²) in [6, 6.07) is 25.3. The van der Waals surface area contributed by atoms with Crippen LogP contribution in [0.25, 0.3) is 65.4 Å². The molecule has 0 spiro atoms. The molecule has 2 heterocycles. The van der Waals surface area contributed by atoms with Crippen LogP contribution in [-0.4, -0.2) is 15.0 Å². The van der Waals surface area contributed by atoms with E-state index in [9.17, 15) is 0 Å². The molecule has 5 heteroatoms. The number of fused-ring (bicyclic) bond motifs is 11. The van der Waals surface area contributed by atoms with Gasteiger partial charge in [-0.3, -0.25) is 0 Å². The number of hydrogen-bond donors (Lipinski definition) is 1. The van der Waals surface area contributed by atoms with Gasteiger partial charge in [-0.1, -0.05) is 62.2 Å². The standard InChI is InChI=1S/C26H13Br2N3/c27-13-5-7-15-18(11-13)19-12-14(28)6-8-16(19)25-24(15)30-22-10-9-21-23(26(22)31-25)17-3-1-2-4-20(17)29-21/h1-12,29H. The fraction of sp³-hybridized carbons (Fsp3) is 0. The molecular weight excluding hydrogens is 514 g/mol. The Balaban J connectivity index is 1.77. The van der Waals surface area contributed by atoms with Crippen molar-refractivity contribution < 1.29 is 0 Å². The maximum absolute atomic E-state index is 5.25. The Morgan fingerprint density at radius 1 is 0.548 bits per heavy atom. The lowest BCUT2D eigenvalue weighted by Gasteiger charge is -2.11. The quantitative estimate of drug-likeness (QED) is 0.159. The first-order chi connectivity index (χ1) is 15.2. The molecule has 31 heavy (non-hydrogen) atoms. The van der Waals surface area contributed by atoms with Gasteiger partial charge in [-0.05, 0) is 53.2 Å². The van der Waals surface area contributed by atoms with E-state index in [2.05, 4.69) is 110 Å². The van der Waals surface area contributed by atoms with Crippen molar-refractivity contribution in [1.29, 1.82) is 0 Å². The summed E-state index contributed by atoms with van der Waals surface area (Å²) in [5, 5.41) is 6.85. The van der Waals surface area contributed by atoms with Gasteiger partial charge >= 0.3 is 0 Å². The lowest BCUT2D eigenvalue weighted by atomic mass is 9.99. The van der Waals surface area contributed by atoms with Crippen LogP contribution < -0.4 is 0 Å². The maximum atomic E-state index is 5.25. The van der Waals surface area contributed by atoms with Gasteiger partial charge in [0.2, 0.25) is 0 Å². The van der Waals surface area contributed by atoms with Gasteiger partial charge in [0.05, 0.1) is 22.1 Å². The average molecular weight is 527 g/mol. The zero-order valence-electron chi connectivity index (χ0n) is 16.1. The van der Waals surface area contributed by atoms with Crippen LogP contribution in [0.2, 0.25) is 0 Å². The third-order valence-electron chi connectivity index (χ3n) is 6.07. The van der Waals surface area contributed by atoms with Gasteiger partial charge in [0.15, 0.2) is 0 Å². The predicted octanol–water partition coefficient (Wildman–Crippen LogP) is 8.25. The van der Waals surface area contributed by atoms with Crippen molar-refractivity contribution in [2.45, 2.75) is 0 Å². The number of aromatic nitrogens is 3. The minimum atomic E-state index is 0.908. The average Bonchev–Trinajstić information content (AvgIpc) is 3.17. The SMILES string of the molecule is Brc1ccc2c(c1)c1cc(Br)ccc1c1nc3c(ccc4[nH]c5ccccc5c43)nc21. The zero-order valence-corrected chi connectivity index (χ0v) is 19.3. The van der Waals surface area contributed by atoms with Crippen LogP contribution >= 0.6 is 31.9 Å². The molecule has 2 aromatic heterocycles. The molecule has 7 rings (SSSR count). The molecule has 0 aliphatic carbocycles. The van der Waals surface area contributed by atoms with Crippen molar-refractivity contribution in [3.63, 3.8) is 0 Å². The molecule has 0 amide bonds. The van der Waals surface area contributed by atoms with Crippen LogP contribution in [0.4, 0.5) is 0 Å². The van der Waals surface area contributed by atoms with E-state index in [0.717, 1.165) is 63.6 Å². The Morgan fingerprint density at radius 3 is 1.97 bits per heavy atom. The van der Waals surface area contributed by atoms with E-state index in [0.29, 0.717) is 0 Å². The summed E-state index contributed by atoms with van der Waals surface area (Å²) in [6.45, 7) is 0. The van der Waals surface area contributed by atoms with E-state index in [1.165, 1.54) is 10.8 Å². The number of benzene rings is 5. The molecule has 0 unspecified atom stereocenters. The Kier molecular flexibility index (Phi) is 3.56. The summed E-state index contributed by atoms with van der Waals surface area (Å²) < 4.78 is 2.10. The predicted molar refractivity (Wildman–Crippen MR) is 137 cm³/mol. The van der Waals surface area contributed by atoms with Crippen LogP contribution in [0.1, 0.15) is 0 Å². The molecule has 0 saturated heterocycles. The van der Waals surface area contributed by atoms with E-state index in [1.807, 2.05) is 0 Å². The number of aromatic amines is 1. The second kappa shape index (κ2) is 6.25. The molecule has 0 aliphatic heterocycles. The number of para-hydroxylation sites is 1. The Labute approximate surface area is 193 Å². The van der Waals surface area contributed by atoms with Gasteiger partial charge in [-0.25, -0.2) is 9.97 Å². The maximum Gasteiger partial charge on any atom is 0.0994 e. The van der Waals surface area contributed by atoms with Crippen LogP contribution in [0.15, 0.2) is 81.7 Å². The van der Waals surface area contributed by atoms with Crippen LogP contribution in [0.3, 0.4) is 0 Å². The highest BCUT2D eigenvalue weighted by Crippen LogP contribution is 2.38. The number of halogens is 2. The molecule has 1 N–H and O–H groups in total. The first kappa shape index (κ1) is 17.6. The number of hydrogen-bond acceptors (Lipinski definition) is 2. The molecule has 5 aromatic carbocycles. The second-order valence-electron chi connectivity index (χ2n) is 7.83. The Morgan fingerprint density at radius 2 is 1.23 bits per heavy atom. The van der Waals surface area contributed by atoms with Crippen LogP contribution in [0, 0.1) is 0 Å². The molecule has 0 fully saturated rings. The van der Waals surface area contributed by atoms with Crippen LogP contribution in [0.5, 0.6) is 0 Å². The second-order valence-corrected chi connectivity index (χ2v) is 9.66.